The maximum atomic E-state index is 12.0. The van der Waals surface area contributed by atoms with Gasteiger partial charge in [0.15, 0.2) is 5.56 Å². The molecule has 1 aromatic heterocycles. The van der Waals surface area contributed by atoms with Crippen molar-refractivity contribution in [2.24, 2.45) is 0 Å². The van der Waals surface area contributed by atoms with Gasteiger partial charge in [-0.05, 0) is 13.0 Å². The second-order valence-electron chi connectivity index (χ2n) is 4.04. The van der Waals surface area contributed by atoms with E-state index in [9.17, 15) is 24.8 Å². The molecule has 0 saturated carbocycles. The highest BCUT2D eigenvalue weighted by molar-refractivity contribution is 5.99. The molecule has 1 aromatic carbocycles. The quantitative estimate of drug-likeness (QED) is 0.645. The van der Waals surface area contributed by atoms with Crippen LogP contribution in [0.5, 0.6) is 5.75 Å². The summed E-state index contributed by atoms with van der Waals surface area (Å²) >= 11 is 0. The largest absolute Gasteiger partial charge is 0.506 e. The zero-order valence-corrected chi connectivity index (χ0v) is 10.4. The molecule has 0 fully saturated rings. The Balaban J connectivity index is 3.01. The van der Waals surface area contributed by atoms with E-state index in [1.54, 1.807) is 6.92 Å². The number of nitrogens with zero attached hydrogens (tertiary/aromatic N) is 2. The summed E-state index contributed by atoms with van der Waals surface area (Å²) < 4.78 is 1.14. The predicted molar refractivity (Wildman–Crippen MR) is 69.2 cm³/mol. The van der Waals surface area contributed by atoms with Crippen LogP contribution in [0.15, 0.2) is 23.0 Å². The molecule has 8 nitrogen and oxygen atoms in total. The average molecular weight is 278 g/mol. The van der Waals surface area contributed by atoms with Crippen molar-refractivity contribution < 1.29 is 19.9 Å². The maximum Gasteiger partial charge on any atom is 0.345 e. The van der Waals surface area contributed by atoms with E-state index in [-0.39, 0.29) is 23.1 Å². The van der Waals surface area contributed by atoms with E-state index >= 15 is 0 Å². The monoisotopic (exact) mass is 278 g/mol. The molecule has 0 atom stereocenters. The number of hydrogen-bond donors (Lipinski definition) is 2. The Bertz CT molecular complexity index is 793. The average Bonchev–Trinajstić information content (AvgIpc) is 2.38. The highest BCUT2D eigenvalue weighted by Gasteiger charge is 2.22. The minimum atomic E-state index is -1.58. The molecule has 0 spiro atoms. The van der Waals surface area contributed by atoms with E-state index in [2.05, 4.69) is 0 Å². The summed E-state index contributed by atoms with van der Waals surface area (Å²) in [4.78, 5) is 33.1. The van der Waals surface area contributed by atoms with Gasteiger partial charge in [0.1, 0.15) is 5.75 Å². The van der Waals surface area contributed by atoms with E-state index in [1.807, 2.05) is 0 Å². The number of aromatic carboxylic acids is 1. The van der Waals surface area contributed by atoms with Crippen molar-refractivity contribution in [3.8, 4) is 5.75 Å². The molecule has 0 radical (unpaired) electrons. The summed E-state index contributed by atoms with van der Waals surface area (Å²) in [5, 5.41) is 29.6. The van der Waals surface area contributed by atoms with Gasteiger partial charge in [0.25, 0.3) is 11.2 Å². The molecule has 0 bridgehead atoms. The number of aromatic hydroxyl groups is 1. The van der Waals surface area contributed by atoms with E-state index in [0.29, 0.717) is 0 Å². The van der Waals surface area contributed by atoms with Crippen molar-refractivity contribution in [3.63, 3.8) is 0 Å². The van der Waals surface area contributed by atoms with Gasteiger partial charge < -0.3 is 14.8 Å². The van der Waals surface area contributed by atoms with Crippen molar-refractivity contribution in [2.45, 2.75) is 13.5 Å². The smallest absolute Gasteiger partial charge is 0.345 e. The minimum Gasteiger partial charge on any atom is -0.506 e. The first kappa shape index (κ1) is 13.5. The van der Waals surface area contributed by atoms with Gasteiger partial charge in [-0.1, -0.05) is 0 Å². The zero-order valence-electron chi connectivity index (χ0n) is 10.4. The number of aryl methyl sites for hydroxylation is 1. The molecular weight excluding hydrogens is 268 g/mol. The number of non-ortho nitro benzene ring substituents is 1. The topological polar surface area (TPSA) is 123 Å². The standard InChI is InChI=1S/C12H10N2O6/c1-2-13-8-4-3-6(14(19)20)5-7(8)10(15)9(11(13)16)12(17)18/h3-5,15H,2H2,1H3,(H,17,18). The van der Waals surface area contributed by atoms with Gasteiger partial charge in [-0.2, -0.15) is 0 Å². The summed E-state index contributed by atoms with van der Waals surface area (Å²) in [5.41, 5.74) is -1.70. The van der Waals surface area contributed by atoms with E-state index in [0.717, 1.165) is 10.6 Å². The first-order valence-electron chi connectivity index (χ1n) is 5.65. The lowest BCUT2D eigenvalue weighted by atomic mass is 10.1. The number of pyridine rings is 1. The normalized spacial score (nSPS) is 10.7. The second kappa shape index (κ2) is 4.65. The lowest BCUT2D eigenvalue weighted by molar-refractivity contribution is -0.384. The zero-order chi connectivity index (χ0) is 15.0. The molecule has 2 rings (SSSR count). The van der Waals surface area contributed by atoms with Crippen LogP contribution in [0.2, 0.25) is 0 Å². The van der Waals surface area contributed by atoms with Gasteiger partial charge in [0, 0.05) is 24.1 Å². The van der Waals surface area contributed by atoms with Gasteiger partial charge >= 0.3 is 5.97 Å². The Kier molecular flexibility index (Phi) is 3.15. The molecule has 0 unspecified atom stereocenters. The van der Waals surface area contributed by atoms with Gasteiger partial charge in [-0.25, -0.2) is 4.79 Å². The predicted octanol–water partition coefficient (Wildman–Crippen LogP) is 1.33. The van der Waals surface area contributed by atoms with Crippen LogP contribution in [0, 0.1) is 10.1 Å². The number of aromatic nitrogens is 1. The number of carboxylic acids is 1. The number of benzene rings is 1. The molecule has 8 heteroatoms. The highest BCUT2D eigenvalue weighted by atomic mass is 16.6. The van der Waals surface area contributed by atoms with Crippen LogP contribution in [-0.4, -0.2) is 25.7 Å². The number of carbonyl (C=O) groups is 1. The SMILES string of the molecule is CCn1c(=O)c(C(=O)O)c(O)c2cc([N+](=O)[O-])ccc21. The van der Waals surface area contributed by atoms with E-state index in [1.165, 1.54) is 12.1 Å². The highest BCUT2D eigenvalue weighted by Crippen LogP contribution is 2.29. The Morgan fingerprint density at radius 2 is 2.10 bits per heavy atom. The third-order valence-electron chi connectivity index (χ3n) is 2.96. The van der Waals surface area contributed by atoms with Gasteiger partial charge in [0.05, 0.1) is 10.4 Å². The van der Waals surface area contributed by atoms with Gasteiger partial charge in [0.2, 0.25) is 0 Å². The summed E-state index contributed by atoms with van der Waals surface area (Å²) in [6, 6.07) is 3.54. The molecule has 0 saturated heterocycles. The molecule has 0 aliphatic carbocycles. The van der Waals surface area contributed by atoms with Gasteiger partial charge in [-0.15, -0.1) is 0 Å². The fourth-order valence-corrected chi connectivity index (χ4v) is 2.05. The summed E-state index contributed by atoms with van der Waals surface area (Å²) in [7, 11) is 0. The van der Waals surface area contributed by atoms with Crippen LogP contribution in [-0.2, 0) is 6.54 Å². The van der Waals surface area contributed by atoms with Crippen molar-refractivity contribution >= 4 is 22.6 Å². The van der Waals surface area contributed by atoms with Gasteiger partial charge in [-0.3, -0.25) is 14.9 Å². The molecule has 104 valence electrons. The maximum absolute atomic E-state index is 12.0. The van der Waals surface area contributed by atoms with Crippen LogP contribution < -0.4 is 5.56 Å². The Morgan fingerprint density at radius 1 is 1.45 bits per heavy atom. The number of fused-ring (bicyclic) bond motifs is 1. The van der Waals surface area contributed by atoms with E-state index in [4.69, 9.17) is 5.11 Å². The fraction of sp³-hybridized carbons (Fsp3) is 0.167. The summed E-state index contributed by atoms with van der Waals surface area (Å²) in [5.74, 6) is -2.34. The van der Waals surface area contributed by atoms with Crippen molar-refractivity contribution in [3.05, 3.63) is 44.2 Å². The lowest BCUT2D eigenvalue weighted by Gasteiger charge is -2.11. The molecule has 2 aromatic rings. The van der Waals surface area contributed by atoms with Crippen LogP contribution in [0.3, 0.4) is 0 Å². The van der Waals surface area contributed by atoms with Crippen molar-refractivity contribution in [1.82, 2.24) is 4.57 Å². The van der Waals surface area contributed by atoms with Crippen LogP contribution in [0.1, 0.15) is 17.3 Å². The number of nitro groups is 1. The molecule has 0 amide bonds. The molecular formula is C12H10N2O6. The van der Waals surface area contributed by atoms with Crippen molar-refractivity contribution in [2.75, 3.05) is 0 Å². The summed E-state index contributed by atoms with van der Waals surface area (Å²) in [6.07, 6.45) is 0. The van der Waals surface area contributed by atoms with E-state index < -0.39 is 27.8 Å². The Morgan fingerprint density at radius 3 is 2.60 bits per heavy atom. The molecule has 0 aliphatic rings. The van der Waals surface area contributed by atoms with Crippen LogP contribution >= 0.6 is 0 Å². The Hall–Kier alpha value is -2.90. The van der Waals surface area contributed by atoms with Crippen LogP contribution in [0.25, 0.3) is 10.9 Å². The summed E-state index contributed by atoms with van der Waals surface area (Å²) in [6.45, 7) is 1.80. The molecule has 2 N–H and O–H groups in total. The number of nitro benzene ring substituents is 1. The number of hydrogen-bond acceptors (Lipinski definition) is 5. The second-order valence-corrected chi connectivity index (χ2v) is 4.04. The fourth-order valence-electron chi connectivity index (χ4n) is 2.05. The molecule has 20 heavy (non-hydrogen) atoms. The lowest BCUT2D eigenvalue weighted by Crippen LogP contribution is -2.26. The first-order chi connectivity index (χ1) is 9.38. The van der Waals surface area contributed by atoms with Crippen molar-refractivity contribution in [1.29, 1.82) is 0 Å². The minimum absolute atomic E-state index is 0.0435. The third kappa shape index (κ3) is 1.87. The molecule has 0 aliphatic heterocycles. The molecule has 1 heterocycles. The number of rotatable bonds is 3. The Labute approximate surface area is 111 Å². The first-order valence-corrected chi connectivity index (χ1v) is 5.65. The number of carboxylic acid groups (broad SMARTS) is 1. The third-order valence-corrected chi connectivity index (χ3v) is 2.96. The van der Waals surface area contributed by atoms with Crippen LogP contribution in [0.4, 0.5) is 5.69 Å².